The zero-order chi connectivity index (χ0) is 22.4. The number of likely N-dealkylation sites (N-methyl/N-ethyl adjacent to an activating group) is 1. The Labute approximate surface area is 179 Å². The molecule has 2 aromatic rings. The summed E-state index contributed by atoms with van der Waals surface area (Å²) in [6.45, 7) is 6.74. The maximum atomic E-state index is 13.1. The predicted octanol–water partition coefficient (Wildman–Crippen LogP) is 3.77. The van der Waals surface area contributed by atoms with Gasteiger partial charge in [0.2, 0.25) is 0 Å². The molecule has 0 fully saturated rings. The fourth-order valence-corrected chi connectivity index (χ4v) is 8.63. The number of nitrogens with two attached hydrogens (primary N) is 1. The number of hydrogen-bond acceptors (Lipinski definition) is 3. The van der Waals surface area contributed by atoms with Gasteiger partial charge in [0.25, 0.3) is 8.32 Å². The molecule has 0 aliphatic carbocycles. The van der Waals surface area contributed by atoms with Crippen molar-refractivity contribution in [1.82, 2.24) is 4.90 Å². The Bertz CT molecular complexity index is 724. The number of benzene rings is 2. The standard InChI is InChI=1S/C23H33F3N2OSi/c1-22(2,3)30(19-12-7-5-8-13-19,20-14-9-6-10-15-20)29-17-11-16-28(4)21(18-27)23(24,25)26/h5-10,12-15,21H,11,16-18,27H2,1-4H3. The summed E-state index contributed by atoms with van der Waals surface area (Å²) >= 11 is 0. The van der Waals surface area contributed by atoms with E-state index in [-0.39, 0.29) is 11.6 Å². The third kappa shape index (κ3) is 5.52. The average molecular weight is 439 g/mol. The second-order valence-corrected chi connectivity index (χ2v) is 12.9. The summed E-state index contributed by atoms with van der Waals surface area (Å²) < 4.78 is 46.1. The van der Waals surface area contributed by atoms with Crippen LogP contribution in [0.2, 0.25) is 5.04 Å². The van der Waals surface area contributed by atoms with E-state index in [2.05, 4.69) is 45.0 Å². The van der Waals surface area contributed by atoms with Crippen LogP contribution in [0, 0.1) is 0 Å². The molecule has 0 radical (unpaired) electrons. The van der Waals surface area contributed by atoms with E-state index in [4.69, 9.17) is 10.2 Å². The number of nitrogens with zero attached hydrogens (tertiary/aromatic N) is 1. The van der Waals surface area contributed by atoms with Crippen molar-refractivity contribution in [3.8, 4) is 0 Å². The first-order valence-electron chi connectivity index (χ1n) is 10.3. The van der Waals surface area contributed by atoms with Gasteiger partial charge in [-0.25, -0.2) is 0 Å². The lowest BCUT2D eigenvalue weighted by molar-refractivity contribution is -0.177. The first kappa shape index (κ1) is 24.6. The van der Waals surface area contributed by atoms with Crippen LogP contribution in [0.3, 0.4) is 0 Å². The van der Waals surface area contributed by atoms with Gasteiger partial charge in [-0.1, -0.05) is 81.4 Å². The Kier molecular flexibility index (Phi) is 8.27. The highest BCUT2D eigenvalue weighted by Crippen LogP contribution is 2.36. The topological polar surface area (TPSA) is 38.5 Å². The van der Waals surface area contributed by atoms with Gasteiger partial charge < -0.3 is 10.2 Å². The van der Waals surface area contributed by atoms with E-state index in [9.17, 15) is 13.2 Å². The van der Waals surface area contributed by atoms with Crippen molar-refractivity contribution in [2.75, 3.05) is 26.7 Å². The molecule has 0 amide bonds. The van der Waals surface area contributed by atoms with Crippen molar-refractivity contribution < 1.29 is 17.6 Å². The number of hydrogen-bond donors (Lipinski definition) is 1. The quantitative estimate of drug-likeness (QED) is 0.478. The van der Waals surface area contributed by atoms with Gasteiger partial charge in [-0.05, 0) is 28.9 Å². The van der Waals surface area contributed by atoms with Crippen LogP contribution in [0.15, 0.2) is 60.7 Å². The zero-order valence-electron chi connectivity index (χ0n) is 18.2. The first-order valence-corrected chi connectivity index (χ1v) is 12.2. The second kappa shape index (κ2) is 10.1. The number of alkyl halides is 3. The minimum atomic E-state index is -4.33. The summed E-state index contributed by atoms with van der Waals surface area (Å²) in [5.74, 6) is 0. The average Bonchev–Trinajstić information content (AvgIpc) is 2.68. The molecule has 166 valence electrons. The van der Waals surface area contributed by atoms with Gasteiger partial charge in [0.15, 0.2) is 0 Å². The third-order valence-electron chi connectivity index (χ3n) is 5.52. The fourth-order valence-electron chi connectivity index (χ4n) is 4.02. The van der Waals surface area contributed by atoms with Crippen LogP contribution in [0.1, 0.15) is 27.2 Å². The van der Waals surface area contributed by atoms with Crippen LogP contribution in [0.4, 0.5) is 13.2 Å². The predicted molar refractivity (Wildman–Crippen MR) is 120 cm³/mol. The highest BCUT2D eigenvalue weighted by Gasteiger charge is 2.50. The summed E-state index contributed by atoms with van der Waals surface area (Å²) in [5, 5.41) is 2.16. The van der Waals surface area contributed by atoms with E-state index < -0.39 is 27.1 Å². The van der Waals surface area contributed by atoms with Crippen molar-refractivity contribution in [2.45, 2.75) is 44.4 Å². The smallest absolute Gasteiger partial charge is 0.405 e. The largest absolute Gasteiger partial charge is 0.407 e. The lowest BCUT2D eigenvalue weighted by Gasteiger charge is -2.43. The van der Waals surface area contributed by atoms with E-state index in [1.54, 1.807) is 0 Å². The molecular weight excluding hydrogens is 405 g/mol. The van der Waals surface area contributed by atoms with Crippen LogP contribution in [-0.4, -0.2) is 52.2 Å². The van der Waals surface area contributed by atoms with Gasteiger partial charge in [0, 0.05) is 19.7 Å². The van der Waals surface area contributed by atoms with Crippen LogP contribution in [0.25, 0.3) is 0 Å². The maximum Gasteiger partial charge on any atom is 0.405 e. The van der Waals surface area contributed by atoms with E-state index in [0.717, 1.165) is 10.4 Å². The molecule has 2 N–H and O–H groups in total. The molecule has 1 unspecified atom stereocenters. The van der Waals surface area contributed by atoms with Crippen LogP contribution in [0.5, 0.6) is 0 Å². The molecule has 0 saturated heterocycles. The minimum Gasteiger partial charge on any atom is -0.407 e. The molecule has 1 atom stereocenters. The number of rotatable bonds is 9. The molecule has 30 heavy (non-hydrogen) atoms. The molecule has 0 heterocycles. The molecule has 0 aliphatic rings. The highest BCUT2D eigenvalue weighted by molar-refractivity contribution is 6.99. The van der Waals surface area contributed by atoms with E-state index >= 15 is 0 Å². The van der Waals surface area contributed by atoms with Gasteiger partial charge in [-0.3, -0.25) is 4.90 Å². The lowest BCUT2D eigenvalue weighted by atomic mass is 10.2. The van der Waals surface area contributed by atoms with Gasteiger partial charge in [-0.2, -0.15) is 13.2 Å². The molecule has 2 aromatic carbocycles. The Balaban J connectivity index is 2.25. The third-order valence-corrected chi connectivity index (χ3v) is 10.6. The summed E-state index contributed by atoms with van der Waals surface area (Å²) in [7, 11) is -1.19. The summed E-state index contributed by atoms with van der Waals surface area (Å²) in [6, 6.07) is 18.8. The van der Waals surface area contributed by atoms with Crippen molar-refractivity contribution in [2.24, 2.45) is 5.73 Å². The van der Waals surface area contributed by atoms with E-state index in [1.807, 2.05) is 36.4 Å². The van der Waals surface area contributed by atoms with E-state index in [1.165, 1.54) is 11.9 Å². The monoisotopic (exact) mass is 438 g/mol. The van der Waals surface area contributed by atoms with Crippen LogP contribution < -0.4 is 16.1 Å². The molecule has 7 heteroatoms. The molecule has 0 aromatic heterocycles. The Morgan fingerprint density at radius 3 is 1.77 bits per heavy atom. The van der Waals surface area contributed by atoms with Gasteiger partial charge in [0.05, 0.1) is 0 Å². The Morgan fingerprint density at radius 2 is 1.40 bits per heavy atom. The second-order valence-electron chi connectivity index (χ2n) is 8.64. The normalized spacial score (nSPS) is 14.2. The van der Waals surface area contributed by atoms with Crippen molar-refractivity contribution >= 4 is 18.7 Å². The van der Waals surface area contributed by atoms with Crippen molar-refractivity contribution in [3.63, 3.8) is 0 Å². The van der Waals surface area contributed by atoms with Crippen LogP contribution in [-0.2, 0) is 4.43 Å². The Morgan fingerprint density at radius 1 is 0.933 bits per heavy atom. The van der Waals surface area contributed by atoms with Gasteiger partial charge >= 0.3 is 6.18 Å². The van der Waals surface area contributed by atoms with Gasteiger partial charge in [-0.15, -0.1) is 0 Å². The SMILES string of the molecule is CN(CCCO[Si](c1ccccc1)(c1ccccc1)C(C)(C)C)C(CN)C(F)(F)F. The molecule has 0 bridgehead atoms. The minimum absolute atomic E-state index is 0.159. The van der Waals surface area contributed by atoms with Crippen LogP contribution >= 0.6 is 0 Å². The summed E-state index contributed by atoms with van der Waals surface area (Å²) in [6.07, 6.45) is -3.84. The molecular formula is C23H33F3N2OSi. The highest BCUT2D eigenvalue weighted by atomic mass is 28.4. The molecule has 0 aliphatic heterocycles. The molecule has 0 saturated carbocycles. The van der Waals surface area contributed by atoms with E-state index in [0.29, 0.717) is 13.0 Å². The molecule has 0 spiro atoms. The first-order chi connectivity index (χ1) is 14.0. The van der Waals surface area contributed by atoms with Gasteiger partial charge in [0.1, 0.15) is 6.04 Å². The Hall–Kier alpha value is -1.67. The zero-order valence-corrected chi connectivity index (χ0v) is 19.2. The maximum absolute atomic E-state index is 13.1. The summed E-state index contributed by atoms with van der Waals surface area (Å²) in [4.78, 5) is 1.27. The van der Waals surface area contributed by atoms with Crippen molar-refractivity contribution in [1.29, 1.82) is 0 Å². The lowest BCUT2D eigenvalue weighted by Crippen LogP contribution is -2.66. The molecule has 3 nitrogen and oxygen atoms in total. The number of halogens is 3. The van der Waals surface area contributed by atoms with Crippen molar-refractivity contribution in [3.05, 3.63) is 60.7 Å². The summed E-state index contributed by atoms with van der Waals surface area (Å²) in [5.41, 5.74) is 5.36. The molecule has 2 rings (SSSR count). The fraction of sp³-hybridized carbons (Fsp3) is 0.478.